The van der Waals surface area contributed by atoms with E-state index in [2.05, 4.69) is 15.5 Å². The Morgan fingerprint density at radius 1 is 1.00 bits per heavy atom. The Balaban J connectivity index is 1.41. The van der Waals surface area contributed by atoms with Gasteiger partial charge in [0.15, 0.2) is 11.6 Å². The number of H-pyrrole nitrogens is 1. The van der Waals surface area contributed by atoms with E-state index in [0.29, 0.717) is 17.8 Å². The van der Waals surface area contributed by atoms with Crippen LogP contribution in [0.3, 0.4) is 0 Å². The van der Waals surface area contributed by atoms with Crippen LogP contribution < -0.4 is 5.32 Å². The molecule has 2 N–H and O–H groups in total. The SMILES string of the molecule is CC(=O)c1ccc(-c2ccc(CC(=O)Nc3n[nH]c4c3CCC4)cc2)cc1. The first kappa shape index (κ1) is 17.2. The highest BCUT2D eigenvalue weighted by molar-refractivity contribution is 5.94. The van der Waals surface area contributed by atoms with Crippen molar-refractivity contribution in [2.75, 3.05) is 5.32 Å². The van der Waals surface area contributed by atoms with Gasteiger partial charge in [0.05, 0.1) is 6.42 Å². The maximum Gasteiger partial charge on any atom is 0.230 e. The van der Waals surface area contributed by atoms with Crippen LogP contribution in [0, 0.1) is 0 Å². The molecule has 1 aromatic heterocycles. The van der Waals surface area contributed by atoms with Crippen molar-refractivity contribution < 1.29 is 9.59 Å². The number of aromatic nitrogens is 2. The Kier molecular flexibility index (Phi) is 4.59. The number of hydrogen-bond donors (Lipinski definition) is 2. The molecule has 0 atom stereocenters. The largest absolute Gasteiger partial charge is 0.309 e. The third kappa shape index (κ3) is 3.67. The predicted molar refractivity (Wildman–Crippen MR) is 105 cm³/mol. The molecule has 0 saturated carbocycles. The second kappa shape index (κ2) is 7.19. The van der Waals surface area contributed by atoms with Crippen LogP contribution in [0.4, 0.5) is 5.82 Å². The molecule has 1 amide bonds. The molecule has 2 aromatic carbocycles. The van der Waals surface area contributed by atoms with Crippen molar-refractivity contribution in [1.29, 1.82) is 0 Å². The first-order chi connectivity index (χ1) is 13.1. The first-order valence-electron chi connectivity index (χ1n) is 9.16. The van der Waals surface area contributed by atoms with E-state index < -0.39 is 0 Å². The molecule has 0 aliphatic heterocycles. The highest BCUT2D eigenvalue weighted by Crippen LogP contribution is 2.26. The molecule has 27 heavy (non-hydrogen) atoms. The summed E-state index contributed by atoms with van der Waals surface area (Å²) in [6, 6.07) is 15.5. The van der Waals surface area contributed by atoms with Gasteiger partial charge in [0, 0.05) is 16.8 Å². The van der Waals surface area contributed by atoms with E-state index in [4.69, 9.17) is 0 Å². The first-order valence-corrected chi connectivity index (χ1v) is 9.16. The lowest BCUT2D eigenvalue weighted by Gasteiger charge is -2.06. The normalized spacial score (nSPS) is 12.6. The van der Waals surface area contributed by atoms with E-state index in [-0.39, 0.29) is 11.7 Å². The van der Waals surface area contributed by atoms with Crippen LogP contribution in [0.2, 0.25) is 0 Å². The van der Waals surface area contributed by atoms with Gasteiger partial charge in [-0.2, -0.15) is 5.10 Å². The third-order valence-electron chi connectivity index (χ3n) is 5.01. The Morgan fingerprint density at radius 3 is 2.33 bits per heavy atom. The van der Waals surface area contributed by atoms with Gasteiger partial charge in [-0.1, -0.05) is 48.5 Å². The number of aryl methyl sites for hydroxylation is 1. The molecule has 0 unspecified atom stereocenters. The number of ketones is 1. The number of Topliss-reactive ketones (excluding diaryl/α,β-unsaturated/α-hetero) is 1. The van der Waals surface area contributed by atoms with Gasteiger partial charge in [0.2, 0.25) is 5.91 Å². The van der Waals surface area contributed by atoms with Gasteiger partial charge in [-0.05, 0) is 42.9 Å². The number of nitrogens with zero attached hydrogens (tertiary/aromatic N) is 1. The summed E-state index contributed by atoms with van der Waals surface area (Å²) in [7, 11) is 0. The monoisotopic (exact) mass is 359 g/mol. The van der Waals surface area contributed by atoms with E-state index in [1.807, 2.05) is 48.5 Å². The number of fused-ring (bicyclic) bond motifs is 1. The van der Waals surface area contributed by atoms with Crippen molar-refractivity contribution in [2.45, 2.75) is 32.6 Å². The summed E-state index contributed by atoms with van der Waals surface area (Å²) in [6.45, 7) is 1.56. The van der Waals surface area contributed by atoms with Crippen molar-refractivity contribution in [1.82, 2.24) is 10.2 Å². The molecule has 1 aliphatic rings. The summed E-state index contributed by atoms with van der Waals surface area (Å²) >= 11 is 0. The van der Waals surface area contributed by atoms with Crippen LogP contribution in [0.25, 0.3) is 11.1 Å². The van der Waals surface area contributed by atoms with Gasteiger partial charge in [-0.3, -0.25) is 14.7 Å². The molecule has 5 heteroatoms. The third-order valence-corrected chi connectivity index (χ3v) is 5.01. The molecule has 3 aromatic rings. The van der Waals surface area contributed by atoms with Crippen LogP contribution in [0.5, 0.6) is 0 Å². The van der Waals surface area contributed by atoms with Crippen LogP contribution >= 0.6 is 0 Å². The quantitative estimate of drug-likeness (QED) is 0.677. The molecular formula is C22H21N3O2. The van der Waals surface area contributed by atoms with Crippen molar-refractivity contribution in [3.05, 3.63) is 70.9 Å². The number of aromatic amines is 1. The van der Waals surface area contributed by atoms with Crippen LogP contribution in [-0.2, 0) is 24.1 Å². The topological polar surface area (TPSA) is 74.8 Å². The fourth-order valence-corrected chi connectivity index (χ4v) is 3.50. The van der Waals surface area contributed by atoms with Crippen molar-refractivity contribution in [2.24, 2.45) is 0 Å². The molecule has 0 radical (unpaired) electrons. The molecule has 0 bridgehead atoms. The van der Waals surface area contributed by atoms with Gasteiger partial charge in [0.25, 0.3) is 0 Å². The van der Waals surface area contributed by atoms with Gasteiger partial charge < -0.3 is 5.32 Å². The number of carbonyl (C=O) groups is 2. The summed E-state index contributed by atoms with van der Waals surface area (Å²) in [5, 5.41) is 10.1. The van der Waals surface area contributed by atoms with E-state index >= 15 is 0 Å². The summed E-state index contributed by atoms with van der Waals surface area (Å²) in [6.07, 6.45) is 3.40. The molecule has 0 saturated heterocycles. The smallest absolute Gasteiger partial charge is 0.230 e. The average Bonchev–Trinajstić information content (AvgIpc) is 3.28. The zero-order valence-corrected chi connectivity index (χ0v) is 15.2. The fourth-order valence-electron chi connectivity index (χ4n) is 3.50. The van der Waals surface area contributed by atoms with Gasteiger partial charge in [-0.25, -0.2) is 0 Å². The maximum absolute atomic E-state index is 12.3. The molecule has 136 valence electrons. The lowest BCUT2D eigenvalue weighted by atomic mass is 10.0. The maximum atomic E-state index is 12.3. The zero-order valence-electron chi connectivity index (χ0n) is 15.2. The van der Waals surface area contributed by atoms with Crippen LogP contribution in [-0.4, -0.2) is 21.9 Å². The zero-order chi connectivity index (χ0) is 18.8. The minimum absolute atomic E-state index is 0.0604. The standard InChI is InChI=1S/C22H21N3O2/c1-14(26)16-9-11-18(12-10-16)17-7-5-15(6-8-17)13-21(27)23-22-19-3-2-4-20(19)24-25-22/h5-12H,2-4,13H2,1H3,(H2,23,24,25,27). The Labute approximate surface area is 157 Å². The summed E-state index contributed by atoms with van der Waals surface area (Å²) < 4.78 is 0. The van der Waals surface area contributed by atoms with E-state index in [1.165, 1.54) is 0 Å². The summed E-state index contributed by atoms with van der Waals surface area (Å²) in [5.41, 5.74) is 6.04. The Morgan fingerprint density at radius 2 is 1.67 bits per heavy atom. The van der Waals surface area contributed by atoms with E-state index in [1.54, 1.807) is 6.92 Å². The number of carbonyl (C=O) groups excluding carboxylic acids is 2. The molecule has 0 spiro atoms. The molecule has 5 nitrogen and oxygen atoms in total. The van der Waals surface area contributed by atoms with Crippen molar-refractivity contribution in [3.8, 4) is 11.1 Å². The number of amides is 1. The fraction of sp³-hybridized carbons (Fsp3) is 0.227. The highest BCUT2D eigenvalue weighted by atomic mass is 16.1. The van der Waals surface area contributed by atoms with Crippen molar-refractivity contribution in [3.63, 3.8) is 0 Å². The lowest BCUT2D eigenvalue weighted by molar-refractivity contribution is -0.115. The second-order valence-electron chi connectivity index (χ2n) is 6.94. The highest BCUT2D eigenvalue weighted by Gasteiger charge is 2.19. The number of hydrogen-bond acceptors (Lipinski definition) is 3. The van der Waals surface area contributed by atoms with E-state index in [0.717, 1.165) is 47.2 Å². The summed E-state index contributed by atoms with van der Waals surface area (Å²) in [5.74, 6) is 0.676. The molecule has 0 fully saturated rings. The molecular weight excluding hydrogens is 338 g/mol. The number of benzene rings is 2. The molecule has 4 rings (SSSR count). The lowest BCUT2D eigenvalue weighted by Crippen LogP contribution is -2.15. The van der Waals surface area contributed by atoms with Gasteiger partial charge in [0.1, 0.15) is 0 Å². The second-order valence-corrected chi connectivity index (χ2v) is 6.94. The van der Waals surface area contributed by atoms with Crippen LogP contribution in [0.15, 0.2) is 48.5 Å². The Hall–Kier alpha value is -3.21. The summed E-state index contributed by atoms with van der Waals surface area (Å²) in [4.78, 5) is 23.7. The molecule has 1 aliphatic carbocycles. The van der Waals surface area contributed by atoms with Gasteiger partial charge in [-0.15, -0.1) is 0 Å². The van der Waals surface area contributed by atoms with Crippen LogP contribution in [0.1, 0.15) is 40.5 Å². The predicted octanol–water partition coefficient (Wildman–Crippen LogP) is 3.95. The average molecular weight is 359 g/mol. The minimum atomic E-state index is -0.0604. The van der Waals surface area contributed by atoms with Crippen molar-refractivity contribution >= 4 is 17.5 Å². The van der Waals surface area contributed by atoms with E-state index in [9.17, 15) is 9.59 Å². The number of rotatable bonds is 5. The number of anilines is 1. The minimum Gasteiger partial charge on any atom is -0.309 e. The van der Waals surface area contributed by atoms with Gasteiger partial charge >= 0.3 is 0 Å². The molecule has 1 heterocycles. The Bertz CT molecular complexity index is 985. The number of nitrogens with one attached hydrogen (secondary N) is 2.